The Morgan fingerprint density at radius 3 is 2.42 bits per heavy atom. The zero-order valence-electron chi connectivity index (χ0n) is 14.8. The maximum Gasteiger partial charge on any atom is 0.320 e. The SMILES string of the molecule is Cc1nsc(C(=N)N2CCN(C(=O)N3CCc4ccccc4C3)CC2)n1. The van der Waals surface area contributed by atoms with Crippen molar-refractivity contribution in [1.29, 1.82) is 5.41 Å². The minimum absolute atomic E-state index is 0.109. The highest BCUT2D eigenvalue weighted by Gasteiger charge is 2.29. The number of hydrogen-bond donors (Lipinski definition) is 1. The highest BCUT2D eigenvalue weighted by Crippen LogP contribution is 2.20. The van der Waals surface area contributed by atoms with Gasteiger partial charge in [0.1, 0.15) is 5.82 Å². The van der Waals surface area contributed by atoms with Crippen molar-refractivity contribution in [2.75, 3.05) is 32.7 Å². The van der Waals surface area contributed by atoms with Crippen LogP contribution < -0.4 is 0 Å². The first-order valence-electron chi connectivity index (χ1n) is 8.86. The van der Waals surface area contributed by atoms with Gasteiger partial charge < -0.3 is 14.7 Å². The molecule has 1 N–H and O–H groups in total. The molecule has 26 heavy (non-hydrogen) atoms. The number of hydrogen-bond acceptors (Lipinski definition) is 5. The standard InChI is InChI=1S/C18H22N6OS/c1-13-20-17(26-21-13)16(19)22-8-10-23(11-9-22)18(25)24-7-6-14-4-2-3-5-15(14)12-24/h2-5,19H,6-12H2,1H3. The van der Waals surface area contributed by atoms with Crippen LogP contribution in [0.15, 0.2) is 24.3 Å². The third kappa shape index (κ3) is 3.29. The first kappa shape index (κ1) is 17.0. The topological polar surface area (TPSA) is 76.4 Å². The van der Waals surface area contributed by atoms with Gasteiger partial charge in [0.25, 0.3) is 0 Å². The van der Waals surface area contributed by atoms with E-state index in [1.807, 2.05) is 27.7 Å². The molecule has 1 fully saturated rings. The van der Waals surface area contributed by atoms with Gasteiger partial charge in [-0.25, -0.2) is 9.78 Å². The van der Waals surface area contributed by atoms with Crippen LogP contribution in [0.4, 0.5) is 4.79 Å². The molecule has 2 aromatic rings. The first-order chi connectivity index (χ1) is 12.6. The average Bonchev–Trinajstić information content (AvgIpc) is 3.13. The van der Waals surface area contributed by atoms with Crippen LogP contribution in [0.1, 0.15) is 22.0 Å². The Morgan fingerprint density at radius 2 is 1.73 bits per heavy atom. The zero-order chi connectivity index (χ0) is 18.1. The van der Waals surface area contributed by atoms with E-state index in [1.165, 1.54) is 22.7 Å². The number of benzene rings is 1. The predicted octanol–water partition coefficient (Wildman–Crippen LogP) is 1.97. The molecule has 0 aliphatic carbocycles. The molecule has 2 amide bonds. The highest BCUT2D eigenvalue weighted by molar-refractivity contribution is 7.07. The summed E-state index contributed by atoms with van der Waals surface area (Å²) < 4.78 is 4.15. The van der Waals surface area contributed by atoms with Crippen molar-refractivity contribution in [3.8, 4) is 0 Å². The van der Waals surface area contributed by atoms with Gasteiger partial charge in [0, 0.05) is 39.3 Å². The summed E-state index contributed by atoms with van der Waals surface area (Å²) in [7, 11) is 0. The van der Waals surface area contributed by atoms with E-state index >= 15 is 0 Å². The van der Waals surface area contributed by atoms with Crippen LogP contribution in [-0.4, -0.2) is 68.6 Å². The van der Waals surface area contributed by atoms with E-state index < -0.39 is 0 Å². The third-order valence-electron chi connectivity index (χ3n) is 5.00. The maximum absolute atomic E-state index is 12.9. The number of amidine groups is 1. The van der Waals surface area contributed by atoms with E-state index in [0.29, 0.717) is 49.4 Å². The molecule has 0 atom stereocenters. The van der Waals surface area contributed by atoms with E-state index in [2.05, 4.69) is 27.6 Å². The van der Waals surface area contributed by atoms with Crippen LogP contribution in [0.3, 0.4) is 0 Å². The smallest absolute Gasteiger partial charge is 0.320 e. The predicted molar refractivity (Wildman–Crippen MR) is 101 cm³/mol. The number of aryl methyl sites for hydroxylation is 1. The van der Waals surface area contributed by atoms with E-state index in [0.717, 1.165) is 13.0 Å². The lowest BCUT2D eigenvalue weighted by Gasteiger charge is -2.39. The Hall–Kier alpha value is -2.48. The Morgan fingerprint density at radius 1 is 1.04 bits per heavy atom. The molecule has 8 heteroatoms. The van der Waals surface area contributed by atoms with Gasteiger partial charge in [-0.05, 0) is 36.0 Å². The minimum atomic E-state index is 0.109. The zero-order valence-corrected chi connectivity index (χ0v) is 15.6. The molecular formula is C18H22N6OS. The second kappa shape index (κ2) is 7.03. The summed E-state index contributed by atoms with van der Waals surface area (Å²) in [6.07, 6.45) is 0.920. The normalized spacial score (nSPS) is 17.2. The molecule has 4 rings (SSSR count). The number of carbonyl (C=O) groups excluding carboxylic acids is 1. The quantitative estimate of drug-likeness (QED) is 0.615. The molecular weight excluding hydrogens is 348 g/mol. The number of nitrogens with zero attached hydrogens (tertiary/aromatic N) is 5. The minimum Gasteiger partial charge on any atom is -0.351 e. The first-order valence-corrected chi connectivity index (χ1v) is 9.64. The fraction of sp³-hybridized carbons (Fsp3) is 0.444. The van der Waals surface area contributed by atoms with Gasteiger partial charge in [0.05, 0.1) is 0 Å². The summed E-state index contributed by atoms with van der Waals surface area (Å²) in [4.78, 5) is 23.0. The Labute approximate surface area is 156 Å². The molecule has 0 saturated carbocycles. The van der Waals surface area contributed by atoms with E-state index in [1.54, 1.807) is 0 Å². The van der Waals surface area contributed by atoms with Crippen LogP contribution in [0.5, 0.6) is 0 Å². The van der Waals surface area contributed by atoms with E-state index in [4.69, 9.17) is 5.41 Å². The van der Waals surface area contributed by atoms with Gasteiger partial charge in [-0.3, -0.25) is 5.41 Å². The number of nitrogens with one attached hydrogen (secondary N) is 1. The van der Waals surface area contributed by atoms with Crippen LogP contribution in [0.2, 0.25) is 0 Å². The molecule has 3 heterocycles. The second-order valence-electron chi connectivity index (χ2n) is 6.69. The number of rotatable bonds is 1. The van der Waals surface area contributed by atoms with Crippen molar-refractivity contribution in [3.63, 3.8) is 0 Å². The molecule has 7 nitrogen and oxygen atoms in total. The molecule has 1 aromatic heterocycles. The number of fused-ring (bicyclic) bond motifs is 1. The number of carbonyl (C=O) groups is 1. The van der Waals surface area contributed by atoms with Crippen molar-refractivity contribution < 1.29 is 4.79 Å². The van der Waals surface area contributed by atoms with Crippen molar-refractivity contribution >= 4 is 23.4 Å². The third-order valence-corrected chi connectivity index (χ3v) is 5.81. The highest BCUT2D eigenvalue weighted by atomic mass is 32.1. The number of amides is 2. The summed E-state index contributed by atoms with van der Waals surface area (Å²) in [6.45, 7) is 5.89. The lowest BCUT2D eigenvalue weighted by atomic mass is 10.0. The molecule has 1 saturated heterocycles. The monoisotopic (exact) mass is 370 g/mol. The van der Waals surface area contributed by atoms with Crippen molar-refractivity contribution in [2.24, 2.45) is 0 Å². The van der Waals surface area contributed by atoms with E-state index in [-0.39, 0.29) is 6.03 Å². The Balaban J connectivity index is 1.35. The molecule has 2 aliphatic heterocycles. The van der Waals surface area contributed by atoms with Crippen molar-refractivity contribution in [2.45, 2.75) is 19.9 Å². The molecule has 2 aliphatic rings. The van der Waals surface area contributed by atoms with Gasteiger partial charge in [-0.2, -0.15) is 4.37 Å². The molecule has 1 aromatic carbocycles. The number of aromatic nitrogens is 2. The van der Waals surface area contributed by atoms with Crippen molar-refractivity contribution in [3.05, 3.63) is 46.2 Å². The lowest BCUT2D eigenvalue weighted by molar-refractivity contribution is 0.128. The second-order valence-corrected chi connectivity index (χ2v) is 7.44. The number of piperazine rings is 1. The fourth-order valence-electron chi connectivity index (χ4n) is 3.51. The van der Waals surface area contributed by atoms with Gasteiger partial charge in [-0.15, -0.1) is 0 Å². The van der Waals surface area contributed by atoms with Gasteiger partial charge >= 0.3 is 6.03 Å². The summed E-state index contributed by atoms with van der Waals surface area (Å²) in [5.74, 6) is 1.11. The van der Waals surface area contributed by atoms with Gasteiger partial charge in [-0.1, -0.05) is 24.3 Å². The fourth-order valence-corrected chi connectivity index (χ4v) is 4.16. The Kier molecular flexibility index (Phi) is 4.58. The lowest BCUT2D eigenvalue weighted by Crippen LogP contribution is -2.54. The van der Waals surface area contributed by atoms with Gasteiger partial charge in [0.2, 0.25) is 0 Å². The number of urea groups is 1. The molecule has 136 valence electrons. The molecule has 0 bridgehead atoms. The van der Waals surface area contributed by atoms with Crippen LogP contribution in [-0.2, 0) is 13.0 Å². The molecule has 0 unspecified atom stereocenters. The van der Waals surface area contributed by atoms with Crippen LogP contribution in [0, 0.1) is 12.3 Å². The van der Waals surface area contributed by atoms with E-state index in [9.17, 15) is 4.79 Å². The summed E-state index contributed by atoms with van der Waals surface area (Å²) in [6, 6.07) is 8.46. The molecule has 0 spiro atoms. The Bertz CT molecular complexity index is 827. The largest absolute Gasteiger partial charge is 0.351 e. The summed E-state index contributed by atoms with van der Waals surface area (Å²) in [5.41, 5.74) is 2.60. The maximum atomic E-state index is 12.9. The van der Waals surface area contributed by atoms with Crippen LogP contribution in [0.25, 0.3) is 0 Å². The van der Waals surface area contributed by atoms with Crippen molar-refractivity contribution in [1.82, 2.24) is 24.1 Å². The summed E-state index contributed by atoms with van der Waals surface area (Å²) >= 11 is 1.26. The summed E-state index contributed by atoms with van der Waals surface area (Å²) in [5, 5.41) is 8.96. The molecule has 0 radical (unpaired) electrons. The van der Waals surface area contributed by atoms with Crippen LogP contribution >= 0.6 is 11.5 Å². The van der Waals surface area contributed by atoms with Gasteiger partial charge in [0.15, 0.2) is 10.8 Å². The average molecular weight is 370 g/mol.